The zero-order chi connectivity index (χ0) is 10.3. The van der Waals surface area contributed by atoms with Crippen LogP contribution in [0.25, 0.3) is 0 Å². The van der Waals surface area contributed by atoms with Crippen molar-refractivity contribution >= 4 is 23.1 Å². The molecule has 0 saturated heterocycles. The van der Waals surface area contributed by atoms with Crippen molar-refractivity contribution in [1.29, 1.82) is 0 Å². The van der Waals surface area contributed by atoms with Gasteiger partial charge in [0.2, 0.25) is 0 Å². The fourth-order valence-corrected chi connectivity index (χ4v) is 5.17. The number of thiophene rings is 1. The number of rotatable bonds is 2. The van der Waals surface area contributed by atoms with Crippen molar-refractivity contribution in [3.63, 3.8) is 0 Å². The van der Waals surface area contributed by atoms with Crippen LogP contribution >= 0.6 is 23.1 Å². The third-order valence-electron chi connectivity index (χ3n) is 3.92. The minimum atomic E-state index is 0.514. The van der Waals surface area contributed by atoms with Gasteiger partial charge in [0.15, 0.2) is 0 Å². The third-order valence-corrected chi connectivity index (χ3v) is 6.40. The van der Waals surface area contributed by atoms with Gasteiger partial charge >= 0.3 is 0 Å². The summed E-state index contributed by atoms with van der Waals surface area (Å²) in [6, 6.07) is 2.95. The van der Waals surface area contributed by atoms with E-state index in [1.54, 1.807) is 10.4 Å². The van der Waals surface area contributed by atoms with Crippen molar-refractivity contribution in [1.82, 2.24) is 5.32 Å². The first-order valence-corrected chi connectivity index (χ1v) is 7.81. The lowest BCUT2D eigenvalue weighted by molar-refractivity contribution is 0.269. The minimum absolute atomic E-state index is 0.514. The normalized spacial score (nSPS) is 28.2. The van der Waals surface area contributed by atoms with Gasteiger partial charge in [0.05, 0.1) is 6.04 Å². The van der Waals surface area contributed by atoms with E-state index in [4.69, 9.17) is 0 Å². The standard InChI is InChI=1S/C12H17NS2/c1-14-12(5-2-6-12)11-10-9(3-7-13-11)4-8-15-10/h4,8,11,13H,2-3,5-7H2,1H3. The molecule has 1 N–H and O–H groups in total. The Morgan fingerprint density at radius 2 is 2.40 bits per heavy atom. The van der Waals surface area contributed by atoms with E-state index in [0.717, 1.165) is 6.54 Å². The number of fused-ring (bicyclic) bond motifs is 1. The van der Waals surface area contributed by atoms with E-state index < -0.39 is 0 Å². The van der Waals surface area contributed by atoms with Crippen LogP contribution in [0.2, 0.25) is 0 Å². The number of nitrogens with one attached hydrogen (secondary N) is 1. The lowest BCUT2D eigenvalue weighted by Gasteiger charge is -2.48. The summed E-state index contributed by atoms with van der Waals surface area (Å²) in [5.41, 5.74) is 1.60. The van der Waals surface area contributed by atoms with Gasteiger partial charge in [0, 0.05) is 9.62 Å². The summed E-state index contributed by atoms with van der Waals surface area (Å²) in [6.07, 6.45) is 7.70. The highest BCUT2D eigenvalue weighted by atomic mass is 32.2. The van der Waals surface area contributed by atoms with Gasteiger partial charge in [0.25, 0.3) is 0 Å². The lowest BCUT2D eigenvalue weighted by atomic mass is 9.76. The zero-order valence-corrected chi connectivity index (χ0v) is 10.7. The molecule has 2 aliphatic rings. The molecule has 2 heterocycles. The van der Waals surface area contributed by atoms with E-state index in [1.807, 2.05) is 11.3 Å². The number of hydrogen-bond donors (Lipinski definition) is 1. The molecule has 0 radical (unpaired) electrons. The van der Waals surface area contributed by atoms with E-state index in [0.29, 0.717) is 10.8 Å². The molecule has 0 aromatic carbocycles. The number of thioether (sulfide) groups is 1. The van der Waals surface area contributed by atoms with Gasteiger partial charge < -0.3 is 5.32 Å². The second-order valence-electron chi connectivity index (χ2n) is 4.57. The number of hydrogen-bond acceptors (Lipinski definition) is 3. The molecule has 1 aromatic heterocycles. The highest BCUT2D eigenvalue weighted by molar-refractivity contribution is 8.00. The maximum Gasteiger partial charge on any atom is 0.0566 e. The smallest absolute Gasteiger partial charge is 0.0566 e. The van der Waals surface area contributed by atoms with Gasteiger partial charge in [-0.15, -0.1) is 11.3 Å². The first-order chi connectivity index (χ1) is 7.36. The van der Waals surface area contributed by atoms with Crippen LogP contribution in [-0.2, 0) is 6.42 Å². The van der Waals surface area contributed by atoms with Gasteiger partial charge in [-0.1, -0.05) is 6.42 Å². The van der Waals surface area contributed by atoms with Crippen LogP contribution in [0.15, 0.2) is 11.4 Å². The molecule has 1 atom stereocenters. The minimum Gasteiger partial charge on any atom is -0.308 e. The van der Waals surface area contributed by atoms with E-state index in [1.165, 1.54) is 25.7 Å². The molecule has 1 nitrogen and oxygen atoms in total. The maximum atomic E-state index is 3.74. The lowest BCUT2D eigenvalue weighted by Crippen LogP contribution is -2.48. The van der Waals surface area contributed by atoms with Crippen molar-refractivity contribution in [3.05, 3.63) is 21.9 Å². The Hall–Kier alpha value is 0.01000. The van der Waals surface area contributed by atoms with Crippen molar-refractivity contribution in [2.75, 3.05) is 12.8 Å². The predicted octanol–water partition coefficient (Wildman–Crippen LogP) is 3.22. The SMILES string of the molecule is CSC1(C2NCCc3ccsc32)CCC1. The van der Waals surface area contributed by atoms with Crippen LogP contribution in [0.4, 0.5) is 0 Å². The fraction of sp³-hybridized carbons (Fsp3) is 0.667. The van der Waals surface area contributed by atoms with Crippen molar-refractivity contribution in [2.24, 2.45) is 0 Å². The molecule has 0 bridgehead atoms. The van der Waals surface area contributed by atoms with Gasteiger partial charge in [-0.2, -0.15) is 11.8 Å². The second kappa shape index (κ2) is 3.79. The van der Waals surface area contributed by atoms with Crippen LogP contribution in [0.1, 0.15) is 35.7 Å². The second-order valence-corrected chi connectivity index (χ2v) is 6.74. The molecule has 1 unspecified atom stereocenters. The molecule has 1 aromatic rings. The summed E-state index contributed by atoms with van der Waals surface area (Å²) >= 11 is 4.03. The van der Waals surface area contributed by atoms with Crippen LogP contribution in [0.3, 0.4) is 0 Å². The van der Waals surface area contributed by atoms with E-state index in [9.17, 15) is 0 Å². The molecular weight excluding hydrogens is 222 g/mol. The van der Waals surface area contributed by atoms with Gasteiger partial charge in [-0.25, -0.2) is 0 Å². The van der Waals surface area contributed by atoms with Crippen molar-refractivity contribution < 1.29 is 0 Å². The average Bonchev–Trinajstić information content (AvgIpc) is 2.65. The predicted molar refractivity (Wildman–Crippen MR) is 68.9 cm³/mol. The van der Waals surface area contributed by atoms with Crippen LogP contribution in [0, 0.1) is 0 Å². The Balaban J connectivity index is 1.95. The molecule has 1 saturated carbocycles. The first kappa shape index (κ1) is 10.2. The summed E-state index contributed by atoms with van der Waals surface area (Å²) in [7, 11) is 0. The summed E-state index contributed by atoms with van der Waals surface area (Å²) in [5, 5.41) is 6.01. The topological polar surface area (TPSA) is 12.0 Å². The highest BCUT2D eigenvalue weighted by Gasteiger charge is 2.45. The average molecular weight is 239 g/mol. The molecular formula is C12H17NS2. The monoisotopic (exact) mass is 239 g/mol. The summed E-state index contributed by atoms with van der Waals surface area (Å²) in [5.74, 6) is 0. The van der Waals surface area contributed by atoms with E-state index in [-0.39, 0.29) is 0 Å². The molecule has 0 amide bonds. The highest BCUT2D eigenvalue weighted by Crippen LogP contribution is 2.53. The van der Waals surface area contributed by atoms with Crippen LogP contribution in [-0.4, -0.2) is 17.5 Å². The van der Waals surface area contributed by atoms with Crippen LogP contribution < -0.4 is 5.32 Å². The van der Waals surface area contributed by atoms with Gasteiger partial charge in [-0.05, 0) is 49.1 Å². The Morgan fingerprint density at radius 3 is 3.07 bits per heavy atom. The maximum absolute atomic E-state index is 3.74. The third kappa shape index (κ3) is 1.48. The molecule has 1 aliphatic carbocycles. The molecule has 15 heavy (non-hydrogen) atoms. The Morgan fingerprint density at radius 1 is 1.53 bits per heavy atom. The van der Waals surface area contributed by atoms with Crippen molar-refractivity contribution in [3.8, 4) is 0 Å². The van der Waals surface area contributed by atoms with Crippen molar-refractivity contribution in [2.45, 2.75) is 36.5 Å². The zero-order valence-electron chi connectivity index (χ0n) is 9.08. The summed E-state index contributed by atoms with van der Waals surface area (Å²) < 4.78 is 0.514. The molecule has 3 rings (SSSR count). The quantitative estimate of drug-likeness (QED) is 0.850. The largest absolute Gasteiger partial charge is 0.308 e. The molecule has 82 valence electrons. The van der Waals surface area contributed by atoms with Gasteiger partial charge in [-0.3, -0.25) is 0 Å². The van der Waals surface area contributed by atoms with E-state index in [2.05, 4.69) is 34.8 Å². The Bertz CT molecular complexity index is 349. The Kier molecular flexibility index (Phi) is 2.57. The fourth-order valence-electron chi connectivity index (χ4n) is 2.81. The molecule has 1 fully saturated rings. The van der Waals surface area contributed by atoms with Crippen LogP contribution in [0.5, 0.6) is 0 Å². The molecule has 1 aliphatic heterocycles. The summed E-state index contributed by atoms with van der Waals surface area (Å²) in [6.45, 7) is 1.16. The molecule has 3 heteroatoms. The Labute approximate surface area is 99.7 Å². The first-order valence-electron chi connectivity index (χ1n) is 5.70. The van der Waals surface area contributed by atoms with Gasteiger partial charge in [0.1, 0.15) is 0 Å². The van der Waals surface area contributed by atoms with E-state index >= 15 is 0 Å². The molecule has 0 spiro atoms. The summed E-state index contributed by atoms with van der Waals surface area (Å²) in [4.78, 5) is 1.62.